The fourth-order valence-corrected chi connectivity index (χ4v) is 2.68. The number of hydrogen-bond donors (Lipinski definition) is 2. The Balaban J connectivity index is 2.04. The summed E-state index contributed by atoms with van der Waals surface area (Å²) in [5.41, 5.74) is -0.228. The Labute approximate surface area is 116 Å². The highest BCUT2D eigenvalue weighted by atomic mass is 35.5. The molecule has 2 heterocycles. The summed E-state index contributed by atoms with van der Waals surface area (Å²) in [5.74, 6) is -0.882. The summed E-state index contributed by atoms with van der Waals surface area (Å²) in [4.78, 5) is 28.0. The average molecular weight is 285 g/mol. The van der Waals surface area contributed by atoms with Crippen LogP contribution in [-0.2, 0) is 4.79 Å². The standard InChI is InChI=1S/C13H17ClN2O3/c1-2-13(12(18)19)3-5-16(6-4-13)11(17)10-7-9(14)8-15-10/h7-8,15H,2-6H2,1H3,(H,18,19). The number of carbonyl (C=O) groups is 2. The number of nitrogens with one attached hydrogen (secondary N) is 1. The first-order chi connectivity index (χ1) is 8.98. The molecule has 1 aliphatic heterocycles. The zero-order valence-corrected chi connectivity index (χ0v) is 11.5. The molecule has 0 spiro atoms. The number of hydrogen-bond acceptors (Lipinski definition) is 2. The number of rotatable bonds is 3. The van der Waals surface area contributed by atoms with Gasteiger partial charge in [0.2, 0.25) is 0 Å². The molecular formula is C13H17ClN2O3. The van der Waals surface area contributed by atoms with E-state index in [9.17, 15) is 14.7 Å². The van der Waals surface area contributed by atoms with Gasteiger partial charge in [0.25, 0.3) is 5.91 Å². The molecule has 0 aliphatic carbocycles. The first-order valence-corrected chi connectivity index (χ1v) is 6.73. The lowest BCUT2D eigenvalue weighted by Crippen LogP contribution is -2.46. The maximum absolute atomic E-state index is 12.2. The first kappa shape index (κ1) is 13.9. The lowest BCUT2D eigenvalue weighted by atomic mass is 9.76. The van der Waals surface area contributed by atoms with Gasteiger partial charge in [0, 0.05) is 19.3 Å². The molecule has 2 rings (SSSR count). The first-order valence-electron chi connectivity index (χ1n) is 6.35. The van der Waals surface area contributed by atoms with Crippen LogP contribution in [0.3, 0.4) is 0 Å². The van der Waals surface area contributed by atoms with Gasteiger partial charge in [-0.15, -0.1) is 0 Å². The van der Waals surface area contributed by atoms with Crippen LogP contribution >= 0.6 is 11.6 Å². The van der Waals surface area contributed by atoms with Crippen LogP contribution in [0.5, 0.6) is 0 Å². The number of aromatic amines is 1. The zero-order valence-electron chi connectivity index (χ0n) is 10.8. The molecule has 1 fully saturated rings. The predicted octanol–water partition coefficient (Wildman–Crippen LogP) is 2.39. The van der Waals surface area contributed by atoms with Gasteiger partial charge in [-0.05, 0) is 25.3 Å². The number of amides is 1. The minimum atomic E-state index is -0.759. The quantitative estimate of drug-likeness (QED) is 0.895. The van der Waals surface area contributed by atoms with Gasteiger partial charge < -0.3 is 15.0 Å². The smallest absolute Gasteiger partial charge is 0.309 e. The van der Waals surface area contributed by atoms with Crippen molar-refractivity contribution in [2.45, 2.75) is 26.2 Å². The van der Waals surface area contributed by atoms with Crippen LogP contribution in [0, 0.1) is 5.41 Å². The monoisotopic (exact) mass is 284 g/mol. The van der Waals surface area contributed by atoms with Crippen molar-refractivity contribution < 1.29 is 14.7 Å². The van der Waals surface area contributed by atoms with Gasteiger partial charge in [-0.25, -0.2) is 0 Å². The summed E-state index contributed by atoms with van der Waals surface area (Å²) < 4.78 is 0. The second-order valence-corrected chi connectivity index (χ2v) is 5.40. The molecule has 0 radical (unpaired) electrons. The van der Waals surface area contributed by atoms with Crippen molar-refractivity contribution in [3.8, 4) is 0 Å². The van der Waals surface area contributed by atoms with Gasteiger partial charge in [0.05, 0.1) is 10.4 Å². The molecule has 0 aromatic carbocycles. The number of halogens is 1. The van der Waals surface area contributed by atoms with E-state index < -0.39 is 11.4 Å². The molecular weight excluding hydrogens is 268 g/mol. The molecule has 1 aliphatic rings. The van der Waals surface area contributed by atoms with Gasteiger partial charge in [0.1, 0.15) is 5.69 Å². The van der Waals surface area contributed by atoms with Gasteiger partial charge in [-0.1, -0.05) is 18.5 Å². The number of nitrogens with zero attached hydrogens (tertiary/aromatic N) is 1. The number of aliphatic carboxylic acids is 1. The minimum absolute atomic E-state index is 0.123. The second-order valence-electron chi connectivity index (χ2n) is 4.96. The Kier molecular flexibility index (Phi) is 3.85. The van der Waals surface area contributed by atoms with Crippen molar-refractivity contribution in [1.29, 1.82) is 0 Å². The van der Waals surface area contributed by atoms with Crippen LogP contribution in [-0.4, -0.2) is 40.0 Å². The number of carbonyl (C=O) groups excluding carboxylic acids is 1. The van der Waals surface area contributed by atoms with Crippen LogP contribution < -0.4 is 0 Å². The molecule has 1 saturated heterocycles. The number of piperidine rings is 1. The lowest BCUT2D eigenvalue weighted by molar-refractivity contribution is -0.152. The zero-order chi connectivity index (χ0) is 14.0. The van der Waals surface area contributed by atoms with E-state index in [0.29, 0.717) is 43.1 Å². The van der Waals surface area contributed by atoms with E-state index >= 15 is 0 Å². The number of carboxylic acid groups (broad SMARTS) is 1. The Morgan fingerprint density at radius 1 is 1.47 bits per heavy atom. The van der Waals surface area contributed by atoms with E-state index in [1.165, 1.54) is 0 Å². The number of H-pyrrole nitrogens is 1. The van der Waals surface area contributed by atoms with Gasteiger partial charge in [-0.2, -0.15) is 0 Å². The maximum atomic E-state index is 12.2. The van der Waals surface area contributed by atoms with Gasteiger partial charge in [-0.3, -0.25) is 9.59 Å². The molecule has 6 heteroatoms. The fourth-order valence-electron chi connectivity index (χ4n) is 2.52. The van der Waals surface area contributed by atoms with Crippen molar-refractivity contribution in [3.05, 3.63) is 23.0 Å². The minimum Gasteiger partial charge on any atom is -0.481 e. The highest BCUT2D eigenvalue weighted by molar-refractivity contribution is 6.30. The van der Waals surface area contributed by atoms with Crippen LogP contribution in [0.15, 0.2) is 12.3 Å². The second kappa shape index (κ2) is 5.25. The summed E-state index contributed by atoms with van der Waals surface area (Å²) in [6, 6.07) is 1.59. The van der Waals surface area contributed by atoms with Crippen LogP contribution in [0.2, 0.25) is 5.02 Å². The molecule has 104 valence electrons. The van der Waals surface area contributed by atoms with Crippen LogP contribution in [0.25, 0.3) is 0 Å². The third-order valence-corrected chi connectivity index (χ3v) is 4.23. The molecule has 0 bridgehead atoms. The fraction of sp³-hybridized carbons (Fsp3) is 0.538. The highest BCUT2D eigenvalue weighted by Crippen LogP contribution is 2.35. The van der Waals surface area contributed by atoms with Crippen molar-refractivity contribution >= 4 is 23.5 Å². The van der Waals surface area contributed by atoms with Gasteiger partial charge >= 0.3 is 5.97 Å². The third-order valence-electron chi connectivity index (χ3n) is 4.02. The lowest BCUT2D eigenvalue weighted by Gasteiger charge is -2.38. The van der Waals surface area contributed by atoms with Crippen molar-refractivity contribution in [3.63, 3.8) is 0 Å². The van der Waals surface area contributed by atoms with E-state index in [1.807, 2.05) is 6.92 Å². The van der Waals surface area contributed by atoms with Crippen LogP contribution in [0.4, 0.5) is 0 Å². The average Bonchev–Trinajstić information content (AvgIpc) is 2.84. The van der Waals surface area contributed by atoms with Crippen molar-refractivity contribution in [1.82, 2.24) is 9.88 Å². The van der Waals surface area contributed by atoms with E-state index in [2.05, 4.69) is 4.98 Å². The maximum Gasteiger partial charge on any atom is 0.309 e. The largest absolute Gasteiger partial charge is 0.481 e. The van der Waals surface area contributed by atoms with E-state index in [4.69, 9.17) is 11.6 Å². The molecule has 0 unspecified atom stereocenters. The Morgan fingerprint density at radius 3 is 2.53 bits per heavy atom. The molecule has 1 aromatic heterocycles. The molecule has 5 nitrogen and oxygen atoms in total. The normalized spacial score (nSPS) is 18.3. The summed E-state index contributed by atoms with van der Waals surface area (Å²) in [7, 11) is 0. The Hall–Kier alpha value is -1.49. The highest BCUT2D eigenvalue weighted by Gasteiger charge is 2.40. The number of aromatic nitrogens is 1. The Morgan fingerprint density at radius 2 is 2.11 bits per heavy atom. The molecule has 1 amide bonds. The Bertz CT molecular complexity index is 490. The molecule has 0 saturated carbocycles. The number of carboxylic acids is 1. The predicted molar refractivity (Wildman–Crippen MR) is 71.3 cm³/mol. The van der Waals surface area contributed by atoms with E-state index in [-0.39, 0.29) is 5.91 Å². The molecule has 1 aromatic rings. The summed E-state index contributed by atoms with van der Waals surface area (Å²) in [5, 5.41) is 9.80. The summed E-state index contributed by atoms with van der Waals surface area (Å²) in [6.45, 7) is 2.82. The molecule has 19 heavy (non-hydrogen) atoms. The number of likely N-dealkylation sites (tertiary alicyclic amines) is 1. The third kappa shape index (κ3) is 2.61. The molecule has 2 N–H and O–H groups in total. The summed E-state index contributed by atoms with van der Waals surface area (Å²) in [6.07, 6.45) is 3.16. The topological polar surface area (TPSA) is 73.4 Å². The van der Waals surface area contributed by atoms with E-state index in [1.54, 1.807) is 17.2 Å². The van der Waals surface area contributed by atoms with Gasteiger partial charge in [0.15, 0.2) is 0 Å². The SMILES string of the molecule is CCC1(C(=O)O)CCN(C(=O)c2cc(Cl)c[nH]2)CC1. The van der Waals surface area contributed by atoms with E-state index in [0.717, 1.165) is 0 Å². The summed E-state index contributed by atoms with van der Waals surface area (Å²) >= 11 is 5.77. The van der Waals surface area contributed by atoms with Crippen LogP contribution in [0.1, 0.15) is 36.7 Å². The van der Waals surface area contributed by atoms with Crippen molar-refractivity contribution in [2.24, 2.45) is 5.41 Å². The molecule has 0 atom stereocenters. The van der Waals surface area contributed by atoms with Crippen molar-refractivity contribution in [2.75, 3.05) is 13.1 Å².